The number of hydrogen-bond acceptors (Lipinski definition) is 3. The van der Waals surface area contributed by atoms with Crippen molar-refractivity contribution in [1.29, 1.82) is 0 Å². The molecular weight excluding hydrogens is 237 g/mol. The minimum absolute atomic E-state index is 0.231. The van der Waals surface area contributed by atoms with Crippen molar-refractivity contribution < 1.29 is 13.9 Å². The van der Waals surface area contributed by atoms with Crippen LogP contribution in [0.25, 0.3) is 11.1 Å². The number of benzene rings is 1. The molecular formula is C13H10FNO3. The van der Waals surface area contributed by atoms with E-state index in [4.69, 9.17) is 0 Å². The summed E-state index contributed by atoms with van der Waals surface area (Å²) in [6, 6.07) is 6.69. The third-order valence-electron chi connectivity index (χ3n) is 2.48. The van der Waals surface area contributed by atoms with Crippen molar-refractivity contribution in [2.24, 2.45) is 0 Å². The maximum Gasteiger partial charge on any atom is 0.337 e. The first-order valence-corrected chi connectivity index (χ1v) is 5.19. The van der Waals surface area contributed by atoms with Gasteiger partial charge >= 0.3 is 5.97 Å². The van der Waals surface area contributed by atoms with E-state index in [0.29, 0.717) is 5.56 Å². The molecule has 1 N–H and O–H groups in total. The Morgan fingerprint density at radius 3 is 2.67 bits per heavy atom. The monoisotopic (exact) mass is 247 g/mol. The molecule has 0 aliphatic heterocycles. The van der Waals surface area contributed by atoms with Crippen molar-refractivity contribution in [1.82, 2.24) is 4.98 Å². The molecule has 2 aromatic rings. The second-order valence-corrected chi connectivity index (χ2v) is 3.63. The van der Waals surface area contributed by atoms with Gasteiger partial charge in [-0.05, 0) is 24.3 Å². The van der Waals surface area contributed by atoms with Gasteiger partial charge in [0.15, 0.2) is 0 Å². The fourth-order valence-corrected chi connectivity index (χ4v) is 1.57. The number of aromatic amines is 1. The normalized spacial score (nSPS) is 10.1. The molecule has 5 heteroatoms. The highest BCUT2D eigenvalue weighted by Gasteiger charge is 2.11. The lowest BCUT2D eigenvalue weighted by Crippen LogP contribution is -2.04. The maximum absolute atomic E-state index is 13.7. The molecule has 0 spiro atoms. The standard InChI is InChI=1S/C13H10FNO3/c1-18-13(17)8-2-4-11(14)10(6-8)9-3-5-12(16)15-7-9/h2-7H,1H3,(H,15,16). The fraction of sp³-hybridized carbons (Fsp3) is 0.0769. The lowest BCUT2D eigenvalue weighted by molar-refractivity contribution is 0.0600. The van der Waals surface area contributed by atoms with E-state index in [1.54, 1.807) is 0 Å². The third-order valence-corrected chi connectivity index (χ3v) is 2.48. The first-order chi connectivity index (χ1) is 8.61. The number of ether oxygens (including phenoxy) is 1. The highest BCUT2D eigenvalue weighted by molar-refractivity contribution is 5.91. The zero-order chi connectivity index (χ0) is 13.1. The van der Waals surface area contributed by atoms with Crippen LogP contribution in [-0.4, -0.2) is 18.1 Å². The Hall–Kier alpha value is -2.43. The zero-order valence-electron chi connectivity index (χ0n) is 9.57. The van der Waals surface area contributed by atoms with Gasteiger partial charge < -0.3 is 9.72 Å². The van der Waals surface area contributed by atoms with Crippen molar-refractivity contribution in [3.8, 4) is 11.1 Å². The largest absolute Gasteiger partial charge is 0.465 e. The lowest BCUT2D eigenvalue weighted by Gasteiger charge is -2.05. The van der Waals surface area contributed by atoms with Gasteiger partial charge in [-0.3, -0.25) is 4.79 Å². The summed E-state index contributed by atoms with van der Waals surface area (Å²) < 4.78 is 18.2. The predicted octanol–water partition coefficient (Wildman–Crippen LogP) is 1.97. The lowest BCUT2D eigenvalue weighted by atomic mass is 10.0. The van der Waals surface area contributed by atoms with Crippen LogP contribution < -0.4 is 5.56 Å². The van der Waals surface area contributed by atoms with Gasteiger partial charge in [-0.25, -0.2) is 9.18 Å². The first-order valence-electron chi connectivity index (χ1n) is 5.19. The van der Waals surface area contributed by atoms with Crippen LogP contribution in [0.1, 0.15) is 10.4 Å². The second kappa shape index (κ2) is 4.83. The number of halogens is 1. The Morgan fingerprint density at radius 2 is 2.06 bits per heavy atom. The predicted molar refractivity (Wildman–Crippen MR) is 63.8 cm³/mol. The van der Waals surface area contributed by atoms with Gasteiger partial charge in [-0.2, -0.15) is 0 Å². The van der Waals surface area contributed by atoms with Crippen LogP contribution in [0.15, 0.2) is 41.3 Å². The Morgan fingerprint density at radius 1 is 1.28 bits per heavy atom. The molecule has 0 saturated carbocycles. The molecule has 92 valence electrons. The molecule has 0 saturated heterocycles. The number of H-pyrrole nitrogens is 1. The highest BCUT2D eigenvalue weighted by atomic mass is 19.1. The maximum atomic E-state index is 13.7. The molecule has 0 aliphatic rings. The van der Waals surface area contributed by atoms with Crippen LogP contribution in [0, 0.1) is 5.82 Å². The van der Waals surface area contributed by atoms with E-state index >= 15 is 0 Å². The van der Waals surface area contributed by atoms with E-state index in [2.05, 4.69) is 9.72 Å². The van der Waals surface area contributed by atoms with Crippen LogP contribution in [-0.2, 0) is 4.74 Å². The molecule has 0 bridgehead atoms. The Balaban J connectivity index is 2.52. The zero-order valence-corrected chi connectivity index (χ0v) is 9.57. The first kappa shape index (κ1) is 12.0. The fourth-order valence-electron chi connectivity index (χ4n) is 1.57. The molecule has 0 aliphatic carbocycles. The quantitative estimate of drug-likeness (QED) is 0.825. The number of pyridine rings is 1. The molecule has 0 radical (unpaired) electrons. The summed E-state index contributed by atoms with van der Waals surface area (Å²) in [5.41, 5.74) is 0.690. The van der Waals surface area contributed by atoms with Crippen molar-refractivity contribution in [3.63, 3.8) is 0 Å². The summed E-state index contributed by atoms with van der Waals surface area (Å²) in [7, 11) is 1.26. The van der Waals surface area contributed by atoms with E-state index < -0.39 is 11.8 Å². The van der Waals surface area contributed by atoms with E-state index in [1.165, 1.54) is 43.6 Å². The summed E-state index contributed by atoms with van der Waals surface area (Å²) in [6.07, 6.45) is 1.39. The average Bonchev–Trinajstić information content (AvgIpc) is 2.39. The molecule has 1 heterocycles. The van der Waals surface area contributed by atoms with Crippen molar-refractivity contribution >= 4 is 5.97 Å². The van der Waals surface area contributed by atoms with Crippen molar-refractivity contribution in [2.75, 3.05) is 7.11 Å². The number of esters is 1. The van der Waals surface area contributed by atoms with Crippen LogP contribution >= 0.6 is 0 Å². The smallest absolute Gasteiger partial charge is 0.337 e. The van der Waals surface area contributed by atoms with Crippen LogP contribution in [0.5, 0.6) is 0 Å². The van der Waals surface area contributed by atoms with E-state index in [1.807, 2.05) is 0 Å². The minimum Gasteiger partial charge on any atom is -0.465 e. The summed E-state index contributed by atoms with van der Waals surface area (Å²) in [5, 5.41) is 0. The number of aromatic nitrogens is 1. The molecule has 2 rings (SSSR count). The molecule has 1 aromatic carbocycles. The summed E-state index contributed by atoms with van der Waals surface area (Å²) >= 11 is 0. The third kappa shape index (κ3) is 2.29. The molecule has 18 heavy (non-hydrogen) atoms. The summed E-state index contributed by atoms with van der Waals surface area (Å²) in [5.74, 6) is -1.02. The average molecular weight is 247 g/mol. The Bertz CT molecular complexity index is 628. The minimum atomic E-state index is -0.541. The number of carbonyl (C=O) groups is 1. The summed E-state index contributed by atoms with van der Waals surface area (Å²) in [6.45, 7) is 0. The molecule has 1 aromatic heterocycles. The van der Waals surface area contributed by atoms with Crippen LogP contribution in [0.2, 0.25) is 0 Å². The van der Waals surface area contributed by atoms with E-state index in [9.17, 15) is 14.0 Å². The highest BCUT2D eigenvalue weighted by Crippen LogP contribution is 2.22. The second-order valence-electron chi connectivity index (χ2n) is 3.63. The number of hydrogen-bond donors (Lipinski definition) is 1. The van der Waals surface area contributed by atoms with Crippen LogP contribution in [0.4, 0.5) is 4.39 Å². The van der Waals surface area contributed by atoms with Crippen LogP contribution in [0.3, 0.4) is 0 Å². The SMILES string of the molecule is COC(=O)c1ccc(F)c(-c2ccc(=O)[nH]c2)c1. The van der Waals surface area contributed by atoms with E-state index in [0.717, 1.165) is 0 Å². The van der Waals surface area contributed by atoms with Gasteiger partial charge in [0, 0.05) is 23.4 Å². The van der Waals surface area contributed by atoms with Gasteiger partial charge in [-0.15, -0.1) is 0 Å². The number of rotatable bonds is 2. The number of nitrogens with one attached hydrogen (secondary N) is 1. The van der Waals surface area contributed by atoms with Gasteiger partial charge in [-0.1, -0.05) is 0 Å². The summed E-state index contributed by atoms with van der Waals surface area (Å²) in [4.78, 5) is 24.7. The number of methoxy groups -OCH3 is 1. The van der Waals surface area contributed by atoms with Gasteiger partial charge in [0.05, 0.1) is 12.7 Å². The molecule has 0 unspecified atom stereocenters. The Labute approximate surface area is 102 Å². The topological polar surface area (TPSA) is 59.2 Å². The van der Waals surface area contributed by atoms with Crippen molar-refractivity contribution in [3.05, 3.63) is 58.3 Å². The van der Waals surface area contributed by atoms with Crippen molar-refractivity contribution in [2.45, 2.75) is 0 Å². The molecule has 4 nitrogen and oxygen atoms in total. The van der Waals surface area contributed by atoms with Gasteiger partial charge in [0.25, 0.3) is 0 Å². The molecule has 0 fully saturated rings. The van der Waals surface area contributed by atoms with Gasteiger partial charge in [0.2, 0.25) is 5.56 Å². The molecule has 0 amide bonds. The van der Waals surface area contributed by atoms with Gasteiger partial charge in [0.1, 0.15) is 5.82 Å². The molecule has 0 atom stereocenters. The Kier molecular flexibility index (Phi) is 3.23. The van der Waals surface area contributed by atoms with E-state index in [-0.39, 0.29) is 16.7 Å². The number of carbonyl (C=O) groups excluding carboxylic acids is 1.